The maximum absolute atomic E-state index is 10.8. The molecule has 0 aromatic carbocycles. The van der Waals surface area contributed by atoms with Crippen LogP contribution in [-0.2, 0) is 4.74 Å². The molecule has 0 unspecified atom stereocenters. The monoisotopic (exact) mass is 172 g/mol. The molecule has 0 saturated carbocycles. The van der Waals surface area contributed by atoms with Crippen molar-refractivity contribution in [1.29, 1.82) is 0 Å². The highest BCUT2D eigenvalue weighted by Gasteiger charge is 2.09. The average Bonchev–Trinajstić information content (AvgIpc) is 2.50. The summed E-state index contributed by atoms with van der Waals surface area (Å²) in [6, 6.07) is 3.33. The molecule has 0 bridgehead atoms. The number of ether oxygens (including phenoxy) is 1. The Kier molecular flexibility index (Phi) is 2.59. The van der Waals surface area contributed by atoms with Crippen LogP contribution in [0.3, 0.4) is 0 Å². The van der Waals surface area contributed by atoms with Gasteiger partial charge < -0.3 is 9.15 Å². The fourth-order valence-corrected chi connectivity index (χ4v) is 1.02. The first-order chi connectivity index (χ1) is 5.27. The van der Waals surface area contributed by atoms with Crippen molar-refractivity contribution >= 4 is 17.7 Å². The molecule has 0 N–H and O–H groups in total. The number of esters is 1. The summed E-state index contributed by atoms with van der Waals surface area (Å²) in [4.78, 5) is 10.8. The SMILES string of the molecule is COC(=O)c1ccc(SC)o1. The van der Waals surface area contributed by atoms with E-state index in [-0.39, 0.29) is 5.76 Å². The van der Waals surface area contributed by atoms with E-state index in [1.165, 1.54) is 18.9 Å². The van der Waals surface area contributed by atoms with Crippen molar-refractivity contribution in [1.82, 2.24) is 0 Å². The van der Waals surface area contributed by atoms with Crippen LogP contribution in [-0.4, -0.2) is 19.3 Å². The molecule has 0 atom stereocenters. The van der Waals surface area contributed by atoms with Gasteiger partial charge in [0.2, 0.25) is 5.76 Å². The largest absolute Gasteiger partial charge is 0.463 e. The Morgan fingerprint density at radius 3 is 2.82 bits per heavy atom. The van der Waals surface area contributed by atoms with E-state index in [1.54, 1.807) is 12.1 Å². The minimum absolute atomic E-state index is 0.247. The first-order valence-electron chi connectivity index (χ1n) is 3.00. The van der Waals surface area contributed by atoms with Gasteiger partial charge in [-0.05, 0) is 18.4 Å². The molecule has 0 fully saturated rings. The molecule has 1 aromatic heterocycles. The topological polar surface area (TPSA) is 39.4 Å². The normalized spacial score (nSPS) is 9.64. The number of thioether (sulfide) groups is 1. The van der Waals surface area contributed by atoms with Gasteiger partial charge in [-0.15, -0.1) is 0 Å². The first-order valence-corrected chi connectivity index (χ1v) is 4.22. The zero-order valence-corrected chi connectivity index (χ0v) is 7.10. The van der Waals surface area contributed by atoms with Crippen molar-refractivity contribution in [3.05, 3.63) is 17.9 Å². The zero-order valence-electron chi connectivity index (χ0n) is 6.29. The number of carbonyl (C=O) groups excluding carboxylic acids is 1. The molecule has 1 aromatic rings. The van der Waals surface area contributed by atoms with Crippen LogP contribution in [0.5, 0.6) is 0 Å². The van der Waals surface area contributed by atoms with Crippen LogP contribution >= 0.6 is 11.8 Å². The van der Waals surface area contributed by atoms with Crippen LogP contribution in [0.25, 0.3) is 0 Å². The minimum atomic E-state index is -0.440. The molecule has 60 valence electrons. The Morgan fingerprint density at radius 2 is 2.36 bits per heavy atom. The number of methoxy groups -OCH3 is 1. The quantitative estimate of drug-likeness (QED) is 0.503. The van der Waals surface area contributed by atoms with E-state index in [9.17, 15) is 4.79 Å². The second-order valence-corrected chi connectivity index (χ2v) is 2.63. The van der Waals surface area contributed by atoms with Gasteiger partial charge in [-0.3, -0.25) is 0 Å². The Labute approximate surface area is 68.7 Å². The fourth-order valence-electron chi connectivity index (χ4n) is 0.640. The smallest absolute Gasteiger partial charge is 0.373 e. The van der Waals surface area contributed by atoms with Crippen LogP contribution in [0.15, 0.2) is 21.6 Å². The standard InChI is InChI=1S/C7H8O3S/c1-9-7(8)5-3-4-6(10-5)11-2/h3-4H,1-2H3. The predicted octanol–water partition coefficient (Wildman–Crippen LogP) is 1.79. The summed E-state index contributed by atoms with van der Waals surface area (Å²) in [6.45, 7) is 0. The Bertz CT molecular complexity index is 254. The molecule has 0 aliphatic carbocycles. The molecule has 0 radical (unpaired) electrons. The van der Waals surface area contributed by atoms with E-state index >= 15 is 0 Å². The number of rotatable bonds is 2. The maximum atomic E-state index is 10.8. The van der Waals surface area contributed by atoms with Crippen molar-refractivity contribution in [2.24, 2.45) is 0 Å². The average molecular weight is 172 g/mol. The summed E-state index contributed by atoms with van der Waals surface area (Å²) >= 11 is 1.44. The van der Waals surface area contributed by atoms with Gasteiger partial charge in [0.05, 0.1) is 7.11 Å². The van der Waals surface area contributed by atoms with Gasteiger partial charge in [-0.1, -0.05) is 11.8 Å². The molecule has 0 saturated heterocycles. The van der Waals surface area contributed by atoms with E-state index in [0.717, 1.165) is 0 Å². The highest BCUT2D eigenvalue weighted by molar-refractivity contribution is 7.98. The molecule has 0 aliphatic rings. The van der Waals surface area contributed by atoms with E-state index in [0.29, 0.717) is 5.09 Å². The molecular weight excluding hydrogens is 164 g/mol. The molecule has 0 spiro atoms. The molecule has 1 rings (SSSR count). The third kappa shape index (κ3) is 1.77. The molecule has 3 nitrogen and oxygen atoms in total. The first kappa shape index (κ1) is 8.20. The van der Waals surface area contributed by atoms with Gasteiger partial charge >= 0.3 is 5.97 Å². The van der Waals surface area contributed by atoms with E-state index in [4.69, 9.17) is 4.42 Å². The van der Waals surface area contributed by atoms with Crippen molar-refractivity contribution in [3.63, 3.8) is 0 Å². The van der Waals surface area contributed by atoms with Crippen LogP contribution < -0.4 is 0 Å². The molecule has 0 amide bonds. The molecule has 1 heterocycles. The zero-order chi connectivity index (χ0) is 8.27. The van der Waals surface area contributed by atoms with Crippen molar-refractivity contribution < 1.29 is 13.9 Å². The van der Waals surface area contributed by atoms with E-state index in [1.807, 2.05) is 6.26 Å². The summed E-state index contributed by atoms with van der Waals surface area (Å²) in [5, 5.41) is 0.713. The van der Waals surface area contributed by atoms with Gasteiger partial charge in [-0.25, -0.2) is 4.79 Å². The highest BCUT2D eigenvalue weighted by Crippen LogP contribution is 2.18. The summed E-state index contributed by atoms with van der Waals surface area (Å²) in [5.74, 6) is -0.192. The van der Waals surface area contributed by atoms with E-state index < -0.39 is 5.97 Å². The van der Waals surface area contributed by atoms with Gasteiger partial charge in [0.1, 0.15) is 0 Å². The Morgan fingerprint density at radius 1 is 1.64 bits per heavy atom. The second-order valence-electron chi connectivity index (χ2n) is 1.81. The lowest BCUT2D eigenvalue weighted by atomic mass is 10.5. The van der Waals surface area contributed by atoms with Crippen molar-refractivity contribution in [2.75, 3.05) is 13.4 Å². The third-order valence-electron chi connectivity index (χ3n) is 1.17. The molecule has 0 aliphatic heterocycles. The Hall–Kier alpha value is -0.900. The number of furan rings is 1. The lowest BCUT2D eigenvalue weighted by molar-refractivity contribution is 0.0559. The maximum Gasteiger partial charge on any atom is 0.373 e. The highest BCUT2D eigenvalue weighted by atomic mass is 32.2. The molecular formula is C7H8O3S. The lowest BCUT2D eigenvalue weighted by Crippen LogP contribution is -1.97. The van der Waals surface area contributed by atoms with Crippen LogP contribution in [0.1, 0.15) is 10.6 Å². The Balaban J connectivity index is 2.80. The number of carbonyl (C=O) groups is 1. The summed E-state index contributed by atoms with van der Waals surface area (Å²) in [5.41, 5.74) is 0. The van der Waals surface area contributed by atoms with Crippen molar-refractivity contribution in [3.8, 4) is 0 Å². The second kappa shape index (κ2) is 3.48. The van der Waals surface area contributed by atoms with Crippen LogP contribution in [0, 0.1) is 0 Å². The molecule has 11 heavy (non-hydrogen) atoms. The van der Waals surface area contributed by atoms with Crippen LogP contribution in [0.2, 0.25) is 0 Å². The van der Waals surface area contributed by atoms with Gasteiger partial charge in [0.15, 0.2) is 5.09 Å². The lowest BCUT2D eigenvalue weighted by Gasteiger charge is -1.91. The van der Waals surface area contributed by atoms with E-state index in [2.05, 4.69) is 4.74 Å². The minimum Gasteiger partial charge on any atom is -0.463 e. The van der Waals surface area contributed by atoms with Gasteiger partial charge in [0, 0.05) is 0 Å². The van der Waals surface area contributed by atoms with Gasteiger partial charge in [0.25, 0.3) is 0 Å². The fraction of sp³-hybridized carbons (Fsp3) is 0.286. The number of hydrogen-bond donors (Lipinski definition) is 0. The van der Waals surface area contributed by atoms with Gasteiger partial charge in [-0.2, -0.15) is 0 Å². The summed E-state index contributed by atoms with van der Waals surface area (Å²) in [6.07, 6.45) is 1.87. The van der Waals surface area contributed by atoms with Crippen LogP contribution in [0.4, 0.5) is 0 Å². The predicted molar refractivity (Wildman–Crippen MR) is 41.8 cm³/mol. The third-order valence-corrected chi connectivity index (χ3v) is 1.79. The summed E-state index contributed by atoms with van der Waals surface area (Å²) < 4.78 is 9.53. The summed E-state index contributed by atoms with van der Waals surface area (Å²) in [7, 11) is 1.32. The van der Waals surface area contributed by atoms with Crippen molar-refractivity contribution in [2.45, 2.75) is 5.09 Å². The molecule has 4 heteroatoms. The number of hydrogen-bond acceptors (Lipinski definition) is 4.